The number of carbonyl (C=O) groups is 1. The van der Waals surface area contributed by atoms with E-state index in [4.69, 9.17) is 9.05 Å². The van der Waals surface area contributed by atoms with Crippen LogP contribution < -0.4 is 5.32 Å². The van der Waals surface area contributed by atoms with E-state index in [1.807, 2.05) is 0 Å². The van der Waals surface area contributed by atoms with Crippen LogP contribution in [0.3, 0.4) is 0 Å². The van der Waals surface area contributed by atoms with Gasteiger partial charge in [-0.2, -0.15) is 0 Å². The maximum Gasteiger partial charge on any atom is 0.472 e. The molecule has 1 aliphatic rings. The van der Waals surface area contributed by atoms with Crippen LogP contribution in [0.5, 0.6) is 0 Å². The van der Waals surface area contributed by atoms with Gasteiger partial charge >= 0.3 is 7.82 Å². The van der Waals surface area contributed by atoms with Gasteiger partial charge in [0.1, 0.15) is 36.6 Å². The maximum absolute atomic E-state index is 12.7. The molecule has 0 radical (unpaired) electrons. The van der Waals surface area contributed by atoms with Crippen molar-refractivity contribution in [1.29, 1.82) is 0 Å². The van der Waals surface area contributed by atoms with Gasteiger partial charge in [0.05, 0.1) is 31.3 Å². The Balaban J connectivity index is 2.76. The molecule has 1 amide bonds. The highest BCUT2D eigenvalue weighted by molar-refractivity contribution is 7.47. The lowest BCUT2D eigenvalue weighted by Crippen LogP contribution is -2.64. The summed E-state index contributed by atoms with van der Waals surface area (Å²) in [6, 6.07) is -1.23. The largest absolute Gasteiger partial charge is 0.472 e. The summed E-state index contributed by atoms with van der Waals surface area (Å²) in [5.41, 5.74) is 0. The topological polar surface area (TPSA) is 226 Å². The minimum atomic E-state index is -5.11. The molecule has 14 heteroatoms. The monoisotopic (exact) mass is 669 g/mol. The zero-order chi connectivity index (χ0) is 33.8. The van der Waals surface area contributed by atoms with Gasteiger partial charge in [-0.25, -0.2) is 4.57 Å². The zero-order valence-corrected chi connectivity index (χ0v) is 27.9. The van der Waals surface area contributed by atoms with Crippen molar-refractivity contribution in [3.8, 4) is 0 Å². The molecule has 1 fully saturated rings. The molecular formula is C31H60NO12P. The number of unbranched alkanes of at least 4 members (excludes halogenated alkanes) is 12. The van der Waals surface area contributed by atoms with Crippen LogP contribution in [-0.4, -0.2) is 108 Å². The first-order valence-electron chi connectivity index (χ1n) is 16.7. The van der Waals surface area contributed by atoms with Crippen LogP contribution in [0.1, 0.15) is 117 Å². The van der Waals surface area contributed by atoms with Crippen molar-refractivity contribution in [1.82, 2.24) is 5.32 Å². The Morgan fingerprint density at radius 3 is 1.82 bits per heavy atom. The molecule has 266 valence electrons. The SMILES string of the molecule is CCCCCCCC/C=C/C(O)C(COP(=O)(O)OC1C(O)C(O)C(O)C(O)C1O)NC(=O)CC(O)CCCCCCCCC. The second-order valence-electron chi connectivity index (χ2n) is 12.2. The van der Waals surface area contributed by atoms with Crippen molar-refractivity contribution in [2.75, 3.05) is 6.61 Å². The average molecular weight is 670 g/mol. The first-order chi connectivity index (χ1) is 21.3. The van der Waals surface area contributed by atoms with Gasteiger partial charge in [-0.15, -0.1) is 0 Å². The number of amides is 1. The van der Waals surface area contributed by atoms with Crippen LogP contribution in [0.15, 0.2) is 12.2 Å². The summed E-state index contributed by atoms with van der Waals surface area (Å²) in [4.78, 5) is 23.0. The van der Waals surface area contributed by atoms with E-state index in [2.05, 4.69) is 19.2 Å². The standard InChI is InChI=1S/C31H60NO12P/c1-3-5-7-9-11-13-15-17-19-24(34)23(32-25(35)20-22(33)18-16-14-12-10-8-6-4-2)21-43-45(41,42)44-31-29(39)27(37)26(36)28(38)30(31)40/h17,19,22-24,26-31,33-34,36-40H,3-16,18,20-21H2,1-2H3,(H,32,35)(H,41,42)/b19-17+. The van der Waals surface area contributed by atoms with E-state index in [1.165, 1.54) is 31.8 Å². The van der Waals surface area contributed by atoms with Gasteiger partial charge < -0.3 is 46.0 Å². The number of aliphatic hydroxyl groups excluding tert-OH is 7. The summed E-state index contributed by atoms with van der Waals surface area (Å²) in [5.74, 6) is -0.602. The number of phosphoric acid groups is 1. The van der Waals surface area contributed by atoms with Crippen molar-refractivity contribution in [2.45, 2.75) is 171 Å². The lowest BCUT2D eigenvalue weighted by Gasteiger charge is -2.41. The predicted octanol–water partition coefficient (Wildman–Crippen LogP) is 2.35. The molecule has 13 nitrogen and oxygen atoms in total. The van der Waals surface area contributed by atoms with E-state index in [0.717, 1.165) is 57.8 Å². The molecule has 0 saturated heterocycles. The van der Waals surface area contributed by atoms with E-state index in [0.29, 0.717) is 12.8 Å². The molecule has 0 aromatic carbocycles. The molecule has 0 heterocycles. The Morgan fingerprint density at radius 2 is 1.27 bits per heavy atom. The summed E-state index contributed by atoms with van der Waals surface area (Å²) < 4.78 is 22.5. The fourth-order valence-corrected chi connectivity index (χ4v) is 6.20. The summed E-state index contributed by atoms with van der Waals surface area (Å²) in [6.07, 6.45) is 3.88. The highest BCUT2D eigenvalue weighted by Gasteiger charge is 2.51. The lowest BCUT2D eigenvalue weighted by molar-refractivity contribution is -0.220. The quantitative estimate of drug-likeness (QED) is 0.0388. The number of phosphoric ester groups is 1. The van der Waals surface area contributed by atoms with Crippen LogP contribution in [0.4, 0.5) is 0 Å². The molecule has 0 aromatic heterocycles. The molecule has 0 bridgehead atoms. The molecular weight excluding hydrogens is 609 g/mol. The number of carbonyl (C=O) groups excluding carboxylic acids is 1. The Labute approximate surface area is 268 Å². The van der Waals surface area contributed by atoms with Crippen molar-refractivity contribution in [2.24, 2.45) is 0 Å². The summed E-state index contributed by atoms with van der Waals surface area (Å²) >= 11 is 0. The average Bonchev–Trinajstić information content (AvgIpc) is 3.00. The van der Waals surface area contributed by atoms with Gasteiger partial charge in [-0.3, -0.25) is 13.8 Å². The zero-order valence-electron chi connectivity index (χ0n) is 27.0. The maximum atomic E-state index is 12.7. The molecule has 0 aromatic rings. The number of hydrogen-bond donors (Lipinski definition) is 9. The van der Waals surface area contributed by atoms with E-state index in [9.17, 15) is 50.0 Å². The Bertz CT molecular complexity index is 848. The molecule has 8 atom stereocenters. The highest BCUT2D eigenvalue weighted by Crippen LogP contribution is 2.47. The van der Waals surface area contributed by atoms with E-state index in [-0.39, 0.29) is 6.42 Å². The Hall–Kier alpha value is -0.960. The van der Waals surface area contributed by atoms with Gasteiger partial charge in [0.2, 0.25) is 5.91 Å². The van der Waals surface area contributed by atoms with Gasteiger partial charge in [-0.05, 0) is 19.3 Å². The minimum absolute atomic E-state index is 0.244. The summed E-state index contributed by atoms with van der Waals surface area (Å²) in [6.45, 7) is 3.56. The van der Waals surface area contributed by atoms with Gasteiger partial charge in [-0.1, -0.05) is 103 Å². The molecule has 1 saturated carbocycles. The normalized spacial score (nSPS) is 27.2. The second kappa shape index (κ2) is 23.4. The smallest absolute Gasteiger partial charge is 0.393 e. The fourth-order valence-electron chi connectivity index (χ4n) is 5.24. The third-order valence-corrected chi connectivity index (χ3v) is 9.11. The third-order valence-electron chi connectivity index (χ3n) is 8.12. The third kappa shape index (κ3) is 17.1. The number of aliphatic hydroxyl groups is 7. The number of allylic oxidation sites excluding steroid dienone is 1. The highest BCUT2D eigenvalue weighted by atomic mass is 31.2. The van der Waals surface area contributed by atoms with E-state index in [1.54, 1.807) is 6.08 Å². The lowest BCUT2D eigenvalue weighted by atomic mass is 9.85. The molecule has 9 N–H and O–H groups in total. The molecule has 1 aliphatic carbocycles. The van der Waals surface area contributed by atoms with Crippen molar-refractivity contribution < 1.29 is 59.0 Å². The molecule has 45 heavy (non-hydrogen) atoms. The molecule has 0 aliphatic heterocycles. The number of rotatable bonds is 25. The van der Waals surface area contributed by atoms with Crippen molar-refractivity contribution in [3.63, 3.8) is 0 Å². The number of hydrogen-bond acceptors (Lipinski definition) is 11. The predicted molar refractivity (Wildman–Crippen MR) is 169 cm³/mol. The van der Waals surface area contributed by atoms with Crippen LogP contribution in [0, 0.1) is 0 Å². The van der Waals surface area contributed by atoms with E-state index >= 15 is 0 Å². The molecule has 0 spiro atoms. The van der Waals surface area contributed by atoms with Crippen molar-refractivity contribution >= 4 is 13.7 Å². The summed E-state index contributed by atoms with van der Waals surface area (Å²) in [7, 11) is -5.11. The Kier molecular flexibility index (Phi) is 21.9. The van der Waals surface area contributed by atoms with Crippen LogP contribution in [-0.2, 0) is 18.4 Å². The first kappa shape index (κ1) is 42.1. The first-order valence-corrected chi connectivity index (χ1v) is 18.2. The van der Waals surface area contributed by atoms with Crippen LogP contribution in [0.25, 0.3) is 0 Å². The van der Waals surface area contributed by atoms with Gasteiger partial charge in [0, 0.05) is 0 Å². The van der Waals surface area contributed by atoms with Crippen LogP contribution in [0.2, 0.25) is 0 Å². The number of nitrogens with one attached hydrogen (secondary N) is 1. The van der Waals surface area contributed by atoms with Gasteiger partial charge in [0.25, 0.3) is 0 Å². The van der Waals surface area contributed by atoms with Crippen molar-refractivity contribution in [3.05, 3.63) is 12.2 Å². The van der Waals surface area contributed by atoms with Gasteiger partial charge in [0.15, 0.2) is 0 Å². The van der Waals surface area contributed by atoms with Crippen LogP contribution >= 0.6 is 7.82 Å². The fraction of sp³-hybridized carbons (Fsp3) is 0.903. The molecule has 8 unspecified atom stereocenters. The minimum Gasteiger partial charge on any atom is -0.393 e. The second-order valence-corrected chi connectivity index (χ2v) is 13.6. The summed E-state index contributed by atoms with van der Waals surface area (Å²) in [5, 5.41) is 73.4. The van der Waals surface area contributed by atoms with E-state index < -0.39 is 75.2 Å². The Morgan fingerprint density at radius 1 is 0.778 bits per heavy atom. The molecule has 1 rings (SSSR count).